The van der Waals surface area contributed by atoms with Crippen molar-refractivity contribution >= 4 is 46.2 Å². The third-order valence-electron chi connectivity index (χ3n) is 6.34. The van der Waals surface area contributed by atoms with E-state index in [1.54, 1.807) is 38.1 Å². The van der Waals surface area contributed by atoms with Crippen LogP contribution in [0.15, 0.2) is 57.9 Å². The maximum atomic E-state index is 15.8. The molecule has 12 nitrogen and oxygen atoms in total. The number of aliphatic hydroxyl groups excluding tert-OH is 1. The SMILES string of the molecule is CC(C)OC(=O)[C@@H](C)NP(=O)(OC[C@H]1O[C@@H](n2cc(Br)c(N)nc2=O)[C@](C)(F)[C@@H]1O)Oc1cccc2ccccc12. The van der Waals surface area contributed by atoms with Crippen molar-refractivity contribution in [1.29, 1.82) is 0 Å². The van der Waals surface area contributed by atoms with E-state index in [0.29, 0.717) is 5.39 Å². The summed E-state index contributed by atoms with van der Waals surface area (Å²) in [5.41, 5.74) is 2.24. The van der Waals surface area contributed by atoms with Crippen LogP contribution in [-0.2, 0) is 23.4 Å². The average Bonchev–Trinajstić information content (AvgIpc) is 3.13. The van der Waals surface area contributed by atoms with Crippen molar-refractivity contribution in [1.82, 2.24) is 14.6 Å². The first-order valence-corrected chi connectivity index (χ1v) is 15.0. The molecule has 2 heterocycles. The summed E-state index contributed by atoms with van der Waals surface area (Å²) in [6.45, 7) is 5.15. The first-order chi connectivity index (χ1) is 19.2. The molecule has 0 saturated carbocycles. The monoisotopic (exact) mass is 656 g/mol. The fourth-order valence-corrected chi connectivity index (χ4v) is 6.10. The van der Waals surface area contributed by atoms with E-state index in [1.807, 2.05) is 18.2 Å². The standard InChI is InChI=1S/C26H31BrFN4O8P/c1-14(2)38-23(34)15(3)31-41(36,40-19-11-7-9-16-8-5-6-10-17(16)19)37-13-20-21(33)26(4,28)24(39-20)32-12-18(27)22(29)30-25(32)35/h5-12,14-15,20-21,24,33H,13H2,1-4H3,(H,31,36)(H2,29,30,35)/t15-,20-,21-,24-,26-,41?/m1/s1. The lowest BCUT2D eigenvalue weighted by molar-refractivity contribution is -0.149. The summed E-state index contributed by atoms with van der Waals surface area (Å²) >= 11 is 3.14. The normalized spacial score (nSPS) is 24.7. The predicted octanol–water partition coefficient (Wildman–Crippen LogP) is 3.86. The van der Waals surface area contributed by atoms with E-state index < -0.39 is 62.3 Å². The summed E-state index contributed by atoms with van der Waals surface area (Å²) < 4.78 is 53.2. The lowest BCUT2D eigenvalue weighted by atomic mass is 9.98. The first-order valence-electron chi connectivity index (χ1n) is 12.7. The number of carbonyl (C=O) groups is 1. The second kappa shape index (κ2) is 12.2. The highest BCUT2D eigenvalue weighted by Crippen LogP contribution is 2.49. The molecule has 6 atom stereocenters. The molecule has 0 radical (unpaired) electrons. The Hall–Kier alpha value is -2.87. The number of ether oxygens (including phenoxy) is 2. The van der Waals surface area contributed by atoms with Gasteiger partial charge in [-0.25, -0.2) is 13.8 Å². The van der Waals surface area contributed by atoms with Gasteiger partial charge in [-0.2, -0.15) is 10.1 Å². The number of carbonyl (C=O) groups excluding carboxylic acids is 1. The van der Waals surface area contributed by atoms with Crippen LogP contribution in [0, 0.1) is 0 Å². The molecule has 0 aliphatic carbocycles. The van der Waals surface area contributed by atoms with Gasteiger partial charge < -0.3 is 24.8 Å². The molecule has 1 aliphatic rings. The second-order valence-corrected chi connectivity index (χ2v) is 12.5. The van der Waals surface area contributed by atoms with Crippen LogP contribution in [0.5, 0.6) is 5.75 Å². The quantitative estimate of drug-likeness (QED) is 0.214. The minimum absolute atomic E-state index is 0.104. The summed E-state index contributed by atoms with van der Waals surface area (Å²) in [7, 11) is -4.40. The van der Waals surface area contributed by atoms with E-state index in [2.05, 4.69) is 26.0 Å². The van der Waals surface area contributed by atoms with Crippen LogP contribution in [0.25, 0.3) is 10.8 Å². The van der Waals surface area contributed by atoms with Crippen LogP contribution < -0.4 is 21.0 Å². The number of rotatable bonds is 10. The van der Waals surface area contributed by atoms with Crippen LogP contribution in [0.3, 0.4) is 0 Å². The van der Waals surface area contributed by atoms with Gasteiger partial charge in [-0.1, -0.05) is 36.4 Å². The van der Waals surface area contributed by atoms with Crippen molar-refractivity contribution in [2.24, 2.45) is 0 Å². The number of hydrogen-bond donors (Lipinski definition) is 3. The molecule has 222 valence electrons. The molecule has 1 unspecified atom stereocenters. The highest BCUT2D eigenvalue weighted by atomic mass is 79.9. The zero-order valence-corrected chi connectivity index (χ0v) is 25.2. The number of benzene rings is 2. The number of alkyl halides is 1. The third-order valence-corrected chi connectivity index (χ3v) is 8.58. The molecule has 1 aliphatic heterocycles. The molecule has 15 heteroatoms. The number of esters is 1. The Balaban J connectivity index is 1.60. The fraction of sp³-hybridized carbons (Fsp3) is 0.423. The molecule has 2 aromatic carbocycles. The number of aliphatic hydroxyl groups is 1. The van der Waals surface area contributed by atoms with E-state index in [4.69, 9.17) is 24.3 Å². The zero-order chi connectivity index (χ0) is 30.1. The number of nitrogen functional groups attached to an aromatic ring is 1. The number of anilines is 1. The molecule has 41 heavy (non-hydrogen) atoms. The topological polar surface area (TPSA) is 164 Å². The van der Waals surface area contributed by atoms with Crippen LogP contribution in [0.1, 0.15) is 33.9 Å². The lowest BCUT2D eigenvalue weighted by Gasteiger charge is -2.26. The Morgan fingerprint density at radius 3 is 2.68 bits per heavy atom. The lowest BCUT2D eigenvalue weighted by Crippen LogP contribution is -2.43. The zero-order valence-electron chi connectivity index (χ0n) is 22.7. The molecule has 3 aromatic rings. The summed E-state index contributed by atoms with van der Waals surface area (Å²) in [6, 6.07) is 11.2. The maximum Gasteiger partial charge on any atom is 0.459 e. The smallest absolute Gasteiger partial charge is 0.459 e. The van der Waals surface area contributed by atoms with Gasteiger partial charge in [-0.15, -0.1) is 0 Å². The first kappa shape index (κ1) is 31.1. The van der Waals surface area contributed by atoms with E-state index >= 15 is 4.39 Å². The van der Waals surface area contributed by atoms with Crippen molar-refractivity contribution < 1.29 is 37.4 Å². The van der Waals surface area contributed by atoms with E-state index in [0.717, 1.165) is 16.9 Å². The highest BCUT2D eigenvalue weighted by Gasteiger charge is 2.56. The summed E-state index contributed by atoms with van der Waals surface area (Å²) in [4.78, 5) is 28.6. The Labute approximate surface area is 243 Å². The Kier molecular flexibility index (Phi) is 9.22. The molecule has 1 saturated heterocycles. The highest BCUT2D eigenvalue weighted by molar-refractivity contribution is 9.10. The number of aromatic nitrogens is 2. The van der Waals surface area contributed by atoms with E-state index in [-0.39, 0.29) is 16.0 Å². The average molecular weight is 657 g/mol. The van der Waals surface area contributed by atoms with Gasteiger partial charge in [-0.3, -0.25) is 13.9 Å². The van der Waals surface area contributed by atoms with Gasteiger partial charge in [0, 0.05) is 11.6 Å². The van der Waals surface area contributed by atoms with Crippen molar-refractivity contribution in [3.05, 3.63) is 63.6 Å². The fourth-order valence-electron chi connectivity index (χ4n) is 4.27. The van der Waals surface area contributed by atoms with Crippen LogP contribution in [0.2, 0.25) is 0 Å². The maximum absolute atomic E-state index is 15.8. The van der Waals surface area contributed by atoms with Crippen molar-refractivity contribution in [2.75, 3.05) is 12.3 Å². The molecule has 4 rings (SSSR count). The number of nitrogens with zero attached hydrogens (tertiary/aromatic N) is 2. The van der Waals surface area contributed by atoms with Crippen LogP contribution in [0.4, 0.5) is 10.2 Å². The van der Waals surface area contributed by atoms with E-state index in [9.17, 15) is 19.3 Å². The van der Waals surface area contributed by atoms with Gasteiger partial charge in [0.25, 0.3) is 0 Å². The van der Waals surface area contributed by atoms with Gasteiger partial charge in [0.2, 0.25) is 0 Å². The van der Waals surface area contributed by atoms with Crippen LogP contribution in [-0.4, -0.2) is 57.3 Å². The predicted molar refractivity (Wildman–Crippen MR) is 152 cm³/mol. The number of fused-ring (bicyclic) bond motifs is 1. The van der Waals surface area contributed by atoms with Gasteiger partial charge >= 0.3 is 19.4 Å². The summed E-state index contributed by atoms with van der Waals surface area (Å²) in [5.74, 6) is -0.624. The van der Waals surface area contributed by atoms with Gasteiger partial charge in [0.1, 0.15) is 29.8 Å². The summed E-state index contributed by atoms with van der Waals surface area (Å²) in [5, 5.41) is 14.8. The van der Waals surface area contributed by atoms with Gasteiger partial charge in [0.15, 0.2) is 11.9 Å². The second-order valence-electron chi connectivity index (χ2n) is 9.99. The number of hydrogen-bond acceptors (Lipinski definition) is 10. The molecular formula is C26H31BrFN4O8P. The number of nitrogens with two attached hydrogens (primary N) is 1. The van der Waals surface area contributed by atoms with Crippen molar-refractivity contribution in [3.8, 4) is 5.75 Å². The molecule has 1 fully saturated rings. The Bertz CT molecular complexity index is 1530. The van der Waals surface area contributed by atoms with Crippen molar-refractivity contribution in [3.63, 3.8) is 0 Å². The number of halogens is 2. The Morgan fingerprint density at radius 2 is 1.98 bits per heavy atom. The molecule has 0 amide bonds. The molecular weight excluding hydrogens is 626 g/mol. The van der Waals surface area contributed by atoms with Gasteiger partial charge in [-0.05, 0) is 55.1 Å². The van der Waals surface area contributed by atoms with Crippen LogP contribution >= 0.6 is 23.7 Å². The largest absolute Gasteiger partial charge is 0.462 e. The minimum Gasteiger partial charge on any atom is -0.462 e. The summed E-state index contributed by atoms with van der Waals surface area (Å²) in [6.07, 6.45) is -4.07. The Morgan fingerprint density at radius 1 is 1.29 bits per heavy atom. The number of nitrogens with one attached hydrogen (secondary N) is 1. The van der Waals surface area contributed by atoms with Crippen molar-refractivity contribution in [2.45, 2.75) is 63.9 Å². The molecule has 0 spiro atoms. The molecule has 0 bridgehead atoms. The van der Waals surface area contributed by atoms with Gasteiger partial charge in [0.05, 0.1) is 17.2 Å². The molecule has 4 N–H and O–H groups in total. The minimum atomic E-state index is -4.40. The molecule has 1 aromatic heterocycles. The third kappa shape index (κ3) is 6.79. The van der Waals surface area contributed by atoms with E-state index in [1.165, 1.54) is 13.1 Å².